The van der Waals surface area contributed by atoms with Gasteiger partial charge in [0.2, 0.25) is 0 Å². The van der Waals surface area contributed by atoms with Crippen LogP contribution in [-0.4, -0.2) is 66.9 Å². The molecule has 2 heterocycles. The quantitative estimate of drug-likeness (QED) is 0.849. The van der Waals surface area contributed by atoms with Crippen molar-refractivity contribution >= 4 is 33.5 Å². The van der Waals surface area contributed by atoms with Crippen molar-refractivity contribution in [2.45, 2.75) is 25.3 Å². The Morgan fingerprint density at radius 2 is 1.68 bits per heavy atom. The third-order valence-electron chi connectivity index (χ3n) is 4.79. The summed E-state index contributed by atoms with van der Waals surface area (Å²) in [6, 6.07) is 6.50. The maximum Gasteiger partial charge on any atom is 0.322 e. The van der Waals surface area contributed by atoms with Crippen LogP contribution in [0.5, 0.6) is 0 Å². The van der Waals surface area contributed by atoms with Gasteiger partial charge in [0.1, 0.15) is 6.04 Å². The van der Waals surface area contributed by atoms with Crippen LogP contribution >= 0.6 is 11.6 Å². The Morgan fingerprint density at radius 3 is 2.28 bits per heavy atom. The molecule has 0 aliphatic carbocycles. The molecule has 7 nitrogen and oxygen atoms in total. The molecule has 25 heavy (non-hydrogen) atoms. The maximum absolute atomic E-state index is 12.9. The average Bonchev–Trinajstić information content (AvgIpc) is 2.62. The summed E-state index contributed by atoms with van der Waals surface area (Å²) in [6.45, 7) is 2.08. The van der Waals surface area contributed by atoms with Crippen molar-refractivity contribution in [3.8, 4) is 0 Å². The van der Waals surface area contributed by atoms with Crippen LogP contribution in [-0.2, 0) is 15.0 Å². The Kier molecular flexibility index (Phi) is 5.52. The summed E-state index contributed by atoms with van der Waals surface area (Å²) < 4.78 is 28.4. The van der Waals surface area contributed by atoms with E-state index in [0.717, 1.165) is 16.4 Å². The zero-order valence-corrected chi connectivity index (χ0v) is 15.4. The van der Waals surface area contributed by atoms with Gasteiger partial charge in [-0.3, -0.25) is 4.79 Å². The van der Waals surface area contributed by atoms with Crippen molar-refractivity contribution in [3.63, 3.8) is 0 Å². The Labute approximate surface area is 153 Å². The molecular weight excluding hydrogens is 366 g/mol. The first-order valence-corrected chi connectivity index (χ1v) is 10.2. The number of piperazine rings is 1. The Bertz CT molecular complexity index is 717. The van der Waals surface area contributed by atoms with Crippen LogP contribution in [0, 0.1) is 0 Å². The Morgan fingerprint density at radius 1 is 1.04 bits per heavy atom. The van der Waals surface area contributed by atoms with Crippen LogP contribution < -0.4 is 4.90 Å². The minimum absolute atomic E-state index is 0.275. The largest absolute Gasteiger partial charge is 0.480 e. The van der Waals surface area contributed by atoms with Gasteiger partial charge < -0.3 is 10.0 Å². The second-order valence-corrected chi connectivity index (χ2v) is 8.65. The summed E-state index contributed by atoms with van der Waals surface area (Å²) in [5, 5.41) is 10.0. The molecule has 2 saturated heterocycles. The Hall–Kier alpha value is -1.35. The molecule has 1 aromatic carbocycles. The minimum atomic E-state index is -3.75. The van der Waals surface area contributed by atoms with Crippen molar-refractivity contribution in [2.75, 3.05) is 37.6 Å². The number of hydrogen-bond acceptors (Lipinski definition) is 4. The fourth-order valence-electron chi connectivity index (χ4n) is 3.41. The highest BCUT2D eigenvalue weighted by Crippen LogP contribution is 2.25. The zero-order valence-electron chi connectivity index (χ0n) is 13.8. The van der Waals surface area contributed by atoms with E-state index in [1.165, 1.54) is 4.31 Å². The monoisotopic (exact) mass is 387 g/mol. The van der Waals surface area contributed by atoms with Gasteiger partial charge in [-0.05, 0) is 43.5 Å². The van der Waals surface area contributed by atoms with Gasteiger partial charge in [-0.2, -0.15) is 17.0 Å². The summed E-state index contributed by atoms with van der Waals surface area (Å²) in [5.41, 5.74) is 1.00. The lowest BCUT2D eigenvalue weighted by atomic mass is 10.1. The first kappa shape index (κ1) is 18.4. The number of halogens is 1. The average molecular weight is 388 g/mol. The van der Waals surface area contributed by atoms with E-state index in [9.17, 15) is 18.3 Å². The van der Waals surface area contributed by atoms with Crippen LogP contribution in [0.1, 0.15) is 19.3 Å². The van der Waals surface area contributed by atoms with Crippen LogP contribution in [0.15, 0.2) is 24.3 Å². The summed E-state index contributed by atoms with van der Waals surface area (Å²) in [6.07, 6.45) is 1.82. The molecule has 0 saturated carbocycles. The third-order valence-corrected chi connectivity index (χ3v) is 7.09. The van der Waals surface area contributed by atoms with Gasteiger partial charge in [0.05, 0.1) is 0 Å². The minimum Gasteiger partial charge on any atom is -0.480 e. The summed E-state index contributed by atoms with van der Waals surface area (Å²) in [7, 11) is -3.75. The lowest BCUT2D eigenvalue weighted by Gasteiger charge is -2.40. The number of hydrogen-bond donors (Lipinski definition) is 1. The first-order valence-electron chi connectivity index (χ1n) is 8.40. The van der Waals surface area contributed by atoms with Gasteiger partial charge >= 0.3 is 5.97 Å². The molecule has 9 heteroatoms. The molecule has 138 valence electrons. The van der Waals surface area contributed by atoms with Crippen LogP contribution in [0.4, 0.5) is 5.69 Å². The van der Waals surface area contributed by atoms with Crippen molar-refractivity contribution < 1.29 is 18.3 Å². The topological polar surface area (TPSA) is 81.2 Å². The number of carboxylic acids is 1. The van der Waals surface area contributed by atoms with Crippen LogP contribution in [0.2, 0.25) is 5.02 Å². The molecule has 1 aromatic rings. The van der Waals surface area contributed by atoms with Gasteiger partial charge in [-0.25, -0.2) is 0 Å². The molecule has 2 fully saturated rings. The van der Waals surface area contributed by atoms with Crippen molar-refractivity contribution in [1.82, 2.24) is 8.61 Å². The van der Waals surface area contributed by atoms with E-state index in [2.05, 4.69) is 4.90 Å². The SMILES string of the molecule is O=C(O)C1CCCCN1S(=O)(=O)N1CCN(c2ccc(Cl)cc2)CC1. The smallest absolute Gasteiger partial charge is 0.322 e. The number of aliphatic carboxylic acids is 1. The second-order valence-electron chi connectivity index (χ2n) is 6.33. The second kappa shape index (κ2) is 7.49. The van der Waals surface area contributed by atoms with Gasteiger partial charge in [0.25, 0.3) is 10.2 Å². The molecule has 2 aliphatic rings. The van der Waals surface area contributed by atoms with E-state index in [1.807, 2.05) is 24.3 Å². The third kappa shape index (κ3) is 3.92. The standard InChI is InChI=1S/C16H22ClN3O4S/c17-13-4-6-14(7-5-13)18-9-11-19(12-10-18)25(23,24)20-8-2-1-3-15(20)16(21)22/h4-7,15H,1-3,8-12H2,(H,21,22). The lowest BCUT2D eigenvalue weighted by molar-refractivity contribution is -0.142. The summed E-state index contributed by atoms with van der Waals surface area (Å²) in [4.78, 5) is 13.5. The van der Waals surface area contributed by atoms with Gasteiger partial charge in [-0.15, -0.1) is 0 Å². The van der Waals surface area contributed by atoms with Gasteiger partial charge in [-0.1, -0.05) is 11.6 Å². The maximum atomic E-state index is 12.9. The number of nitrogens with zero attached hydrogens (tertiary/aromatic N) is 3. The molecule has 0 amide bonds. The number of carboxylic acid groups (broad SMARTS) is 1. The highest BCUT2D eigenvalue weighted by molar-refractivity contribution is 7.86. The van der Waals surface area contributed by atoms with Gasteiger partial charge in [0.15, 0.2) is 0 Å². The van der Waals surface area contributed by atoms with Gasteiger partial charge in [0, 0.05) is 43.4 Å². The predicted octanol–water partition coefficient (Wildman–Crippen LogP) is 1.65. The molecule has 0 aromatic heterocycles. The molecule has 1 N–H and O–H groups in total. The van der Waals surface area contributed by atoms with E-state index < -0.39 is 22.2 Å². The van der Waals surface area contributed by atoms with E-state index in [0.29, 0.717) is 44.0 Å². The molecule has 2 aliphatic heterocycles. The van der Waals surface area contributed by atoms with Crippen LogP contribution in [0.25, 0.3) is 0 Å². The summed E-state index contributed by atoms with van der Waals surface area (Å²) >= 11 is 5.90. The zero-order chi connectivity index (χ0) is 18.0. The van der Waals surface area contributed by atoms with Crippen molar-refractivity contribution in [1.29, 1.82) is 0 Å². The fraction of sp³-hybridized carbons (Fsp3) is 0.562. The number of benzene rings is 1. The van der Waals surface area contributed by atoms with Crippen LogP contribution in [0.3, 0.4) is 0 Å². The number of carbonyl (C=O) groups is 1. The molecule has 0 spiro atoms. The lowest BCUT2D eigenvalue weighted by Crippen LogP contribution is -2.57. The molecule has 1 atom stereocenters. The van der Waals surface area contributed by atoms with Crippen molar-refractivity contribution in [3.05, 3.63) is 29.3 Å². The normalized spacial score (nSPS) is 23.6. The van der Waals surface area contributed by atoms with E-state index in [-0.39, 0.29) is 6.54 Å². The number of rotatable bonds is 4. The van der Waals surface area contributed by atoms with E-state index in [4.69, 9.17) is 11.6 Å². The number of piperidine rings is 1. The highest BCUT2D eigenvalue weighted by atomic mass is 35.5. The Balaban J connectivity index is 1.68. The van der Waals surface area contributed by atoms with Crippen molar-refractivity contribution in [2.24, 2.45) is 0 Å². The molecule has 3 rings (SSSR count). The van der Waals surface area contributed by atoms with E-state index in [1.54, 1.807) is 0 Å². The number of anilines is 1. The summed E-state index contributed by atoms with van der Waals surface area (Å²) in [5.74, 6) is -1.07. The molecular formula is C16H22ClN3O4S. The fourth-order valence-corrected chi connectivity index (χ4v) is 5.33. The molecule has 0 radical (unpaired) electrons. The highest BCUT2D eigenvalue weighted by Gasteiger charge is 2.40. The predicted molar refractivity (Wildman–Crippen MR) is 96.1 cm³/mol. The molecule has 0 bridgehead atoms. The van der Waals surface area contributed by atoms with E-state index >= 15 is 0 Å². The molecule has 1 unspecified atom stereocenters. The first-order chi connectivity index (χ1) is 11.9.